The van der Waals surface area contributed by atoms with Gasteiger partial charge in [0.25, 0.3) is 0 Å². The number of pyridine rings is 1. The van der Waals surface area contributed by atoms with E-state index in [4.69, 9.17) is 5.26 Å². The Morgan fingerprint density at radius 2 is 2.00 bits per heavy atom. The smallest absolute Gasteiger partial charge is 0.406 e. The molecule has 1 N–H and O–H groups in total. The van der Waals surface area contributed by atoms with Crippen molar-refractivity contribution in [2.75, 3.05) is 5.32 Å². The summed E-state index contributed by atoms with van der Waals surface area (Å²) in [6, 6.07) is 10.4. The van der Waals surface area contributed by atoms with Gasteiger partial charge in [-0.25, -0.2) is 4.98 Å². The molecule has 1 aromatic heterocycles. The number of nitriles is 1. The van der Waals surface area contributed by atoms with Crippen LogP contribution in [0.3, 0.4) is 0 Å². The minimum atomic E-state index is -4.75. The maximum absolute atomic E-state index is 12.1. The summed E-state index contributed by atoms with van der Waals surface area (Å²) < 4.78 is 40.2. The molecule has 0 aliphatic heterocycles. The Morgan fingerprint density at radius 1 is 1.20 bits per heavy atom. The number of hydrogen-bond donors (Lipinski definition) is 1. The number of anilines is 2. The van der Waals surface area contributed by atoms with Crippen molar-refractivity contribution < 1.29 is 17.9 Å². The van der Waals surface area contributed by atoms with Crippen LogP contribution in [0.2, 0.25) is 0 Å². The zero-order chi connectivity index (χ0) is 14.6. The first-order chi connectivity index (χ1) is 9.48. The lowest BCUT2D eigenvalue weighted by Gasteiger charge is -2.11. The van der Waals surface area contributed by atoms with Gasteiger partial charge in [-0.1, -0.05) is 6.07 Å². The molecule has 0 amide bonds. The standard InChI is InChI=1S/C13H8F3N3O/c14-13(15,16)20-11-5-1-4-10(7-11)19-12-9(8-17)3-2-6-18-12/h1-7H,(H,18,19). The second-order valence-corrected chi connectivity index (χ2v) is 3.71. The number of halogens is 3. The second kappa shape index (κ2) is 5.48. The van der Waals surface area contributed by atoms with Crippen molar-refractivity contribution in [3.63, 3.8) is 0 Å². The molecule has 2 aromatic rings. The lowest BCUT2D eigenvalue weighted by molar-refractivity contribution is -0.274. The summed E-state index contributed by atoms with van der Waals surface area (Å²) >= 11 is 0. The van der Waals surface area contributed by atoms with Gasteiger partial charge >= 0.3 is 6.36 Å². The highest BCUT2D eigenvalue weighted by atomic mass is 19.4. The van der Waals surface area contributed by atoms with Gasteiger partial charge in [0.15, 0.2) is 0 Å². The van der Waals surface area contributed by atoms with Gasteiger partial charge in [-0.15, -0.1) is 13.2 Å². The maximum Gasteiger partial charge on any atom is 0.573 e. The molecule has 0 unspecified atom stereocenters. The van der Waals surface area contributed by atoms with Crippen molar-refractivity contribution in [1.29, 1.82) is 5.26 Å². The van der Waals surface area contributed by atoms with Crippen molar-refractivity contribution in [3.8, 4) is 11.8 Å². The molecule has 0 aliphatic rings. The molecule has 0 spiro atoms. The first-order valence-electron chi connectivity index (χ1n) is 5.46. The van der Waals surface area contributed by atoms with Crippen LogP contribution in [-0.2, 0) is 0 Å². The average Bonchev–Trinajstić information content (AvgIpc) is 2.38. The van der Waals surface area contributed by atoms with Crippen LogP contribution >= 0.6 is 0 Å². The lowest BCUT2D eigenvalue weighted by Crippen LogP contribution is -2.17. The summed E-state index contributed by atoms with van der Waals surface area (Å²) in [5.74, 6) is -0.0869. The number of hydrogen-bond acceptors (Lipinski definition) is 4. The van der Waals surface area contributed by atoms with E-state index in [9.17, 15) is 13.2 Å². The van der Waals surface area contributed by atoms with Crippen LogP contribution in [0.25, 0.3) is 0 Å². The highest BCUT2D eigenvalue weighted by Crippen LogP contribution is 2.26. The van der Waals surface area contributed by atoms with Gasteiger partial charge in [0.1, 0.15) is 17.6 Å². The van der Waals surface area contributed by atoms with Gasteiger partial charge in [-0.3, -0.25) is 0 Å². The van der Waals surface area contributed by atoms with E-state index in [0.717, 1.165) is 0 Å². The molecule has 0 fully saturated rings. The fourth-order valence-corrected chi connectivity index (χ4v) is 1.50. The van der Waals surface area contributed by atoms with Gasteiger partial charge in [-0.2, -0.15) is 5.26 Å². The van der Waals surface area contributed by atoms with Crippen LogP contribution in [0, 0.1) is 11.3 Å². The van der Waals surface area contributed by atoms with Crippen molar-refractivity contribution in [1.82, 2.24) is 4.98 Å². The highest BCUT2D eigenvalue weighted by Gasteiger charge is 2.31. The molecule has 0 atom stereocenters. The Kier molecular flexibility index (Phi) is 3.75. The molecule has 0 radical (unpaired) electrons. The number of ether oxygens (including phenoxy) is 1. The van der Waals surface area contributed by atoms with Crippen LogP contribution < -0.4 is 10.1 Å². The minimum absolute atomic E-state index is 0.263. The van der Waals surface area contributed by atoms with Crippen LogP contribution in [0.15, 0.2) is 42.6 Å². The van der Waals surface area contributed by atoms with E-state index in [-0.39, 0.29) is 17.1 Å². The monoisotopic (exact) mass is 279 g/mol. The molecule has 1 heterocycles. The Labute approximate surface area is 112 Å². The molecule has 102 valence electrons. The van der Waals surface area contributed by atoms with Gasteiger partial charge in [-0.05, 0) is 24.3 Å². The number of rotatable bonds is 3. The third-order valence-electron chi connectivity index (χ3n) is 2.26. The first-order valence-corrected chi connectivity index (χ1v) is 5.46. The molecule has 7 heteroatoms. The van der Waals surface area contributed by atoms with Crippen LogP contribution in [0.5, 0.6) is 5.75 Å². The molecule has 1 aromatic carbocycles. The average molecular weight is 279 g/mol. The Hall–Kier alpha value is -2.75. The Balaban J connectivity index is 2.22. The third kappa shape index (κ3) is 3.62. The van der Waals surface area contributed by atoms with Crippen molar-refractivity contribution in [2.45, 2.75) is 6.36 Å². The molecule has 0 bridgehead atoms. The Morgan fingerprint density at radius 3 is 2.70 bits per heavy atom. The molecule has 4 nitrogen and oxygen atoms in total. The molecular weight excluding hydrogens is 271 g/mol. The molecule has 0 aliphatic carbocycles. The van der Waals surface area contributed by atoms with Gasteiger partial charge in [0.05, 0.1) is 5.56 Å². The van der Waals surface area contributed by atoms with Gasteiger partial charge < -0.3 is 10.1 Å². The number of nitrogens with zero attached hydrogens (tertiary/aromatic N) is 2. The number of nitrogens with one attached hydrogen (secondary N) is 1. The molecule has 20 heavy (non-hydrogen) atoms. The fourth-order valence-electron chi connectivity index (χ4n) is 1.50. The molecular formula is C13H8F3N3O. The van der Waals surface area contributed by atoms with Crippen molar-refractivity contribution in [3.05, 3.63) is 48.2 Å². The van der Waals surface area contributed by atoms with E-state index in [0.29, 0.717) is 5.69 Å². The second-order valence-electron chi connectivity index (χ2n) is 3.71. The van der Waals surface area contributed by atoms with E-state index in [2.05, 4.69) is 15.0 Å². The number of benzene rings is 1. The highest BCUT2D eigenvalue weighted by molar-refractivity contribution is 5.63. The third-order valence-corrected chi connectivity index (χ3v) is 2.26. The summed E-state index contributed by atoms with van der Waals surface area (Å²) in [5, 5.41) is 11.7. The van der Waals surface area contributed by atoms with Gasteiger partial charge in [0, 0.05) is 18.0 Å². The number of aromatic nitrogens is 1. The SMILES string of the molecule is N#Cc1cccnc1Nc1cccc(OC(F)(F)F)c1. The summed E-state index contributed by atoms with van der Waals surface area (Å²) in [6.45, 7) is 0. The van der Waals surface area contributed by atoms with E-state index < -0.39 is 6.36 Å². The largest absolute Gasteiger partial charge is 0.573 e. The Bertz CT molecular complexity index is 650. The van der Waals surface area contributed by atoms with Crippen LogP contribution in [-0.4, -0.2) is 11.3 Å². The summed E-state index contributed by atoms with van der Waals surface area (Å²) in [6.07, 6.45) is -3.28. The van der Waals surface area contributed by atoms with E-state index in [1.54, 1.807) is 18.2 Å². The summed E-state index contributed by atoms with van der Waals surface area (Å²) in [7, 11) is 0. The summed E-state index contributed by atoms with van der Waals surface area (Å²) in [5.41, 5.74) is 0.622. The molecule has 0 saturated heterocycles. The molecule has 0 saturated carbocycles. The lowest BCUT2D eigenvalue weighted by atomic mass is 10.2. The van der Waals surface area contributed by atoms with Crippen molar-refractivity contribution >= 4 is 11.5 Å². The van der Waals surface area contributed by atoms with E-state index in [1.165, 1.54) is 24.4 Å². The normalized spacial score (nSPS) is 10.7. The van der Waals surface area contributed by atoms with Crippen LogP contribution in [0.1, 0.15) is 5.56 Å². The minimum Gasteiger partial charge on any atom is -0.406 e. The zero-order valence-electron chi connectivity index (χ0n) is 9.98. The fraction of sp³-hybridized carbons (Fsp3) is 0.0769. The maximum atomic E-state index is 12.1. The topological polar surface area (TPSA) is 57.9 Å². The van der Waals surface area contributed by atoms with Crippen molar-refractivity contribution in [2.24, 2.45) is 0 Å². The predicted octanol–water partition coefficient (Wildman–Crippen LogP) is 3.60. The first kappa shape index (κ1) is 13.7. The number of alkyl halides is 3. The summed E-state index contributed by atoms with van der Waals surface area (Å²) in [4.78, 5) is 3.95. The van der Waals surface area contributed by atoms with Crippen LogP contribution in [0.4, 0.5) is 24.7 Å². The van der Waals surface area contributed by atoms with Gasteiger partial charge in [0.2, 0.25) is 0 Å². The van der Waals surface area contributed by atoms with E-state index in [1.807, 2.05) is 6.07 Å². The quantitative estimate of drug-likeness (QED) is 0.932. The predicted molar refractivity (Wildman–Crippen MR) is 65.4 cm³/mol. The zero-order valence-corrected chi connectivity index (χ0v) is 9.98. The molecule has 2 rings (SSSR count). The van der Waals surface area contributed by atoms with E-state index >= 15 is 0 Å².